The van der Waals surface area contributed by atoms with Gasteiger partial charge in [0.2, 0.25) is 0 Å². The molecule has 2 heterocycles. The number of pyridine rings is 1. The number of carbonyl (C=O) groups excluding carboxylic acids is 1. The van der Waals surface area contributed by atoms with Crippen molar-refractivity contribution in [3.63, 3.8) is 0 Å². The van der Waals surface area contributed by atoms with Gasteiger partial charge in [-0.2, -0.15) is 4.73 Å². The summed E-state index contributed by atoms with van der Waals surface area (Å²) < 4.78 is 2.84. The number of aryl methyl sites for hydroxylation is 1. The number of halogens is 2. The van der Waals surface area contributed by atoms with Crippen LogP contribution in [0.25, 0.3) is 10.9 Å². The number of hydrogen-bond donors (Lipinski definition) is 1. The van der Waals surface area contributed by atoms with Gasteiger partial charge in [-0.15, -0.1) is 0 Å². The van der Waals surface area contributed by atoms with Crippen molar-refractivity contribution in [2.75, 3.05) is 0 Å². The topological polar surface area (TPSA) is 59.5 Å². The van der Waals surface area contributed by atoms with E-state index in [4.69, 9.17) is 23.2 Å². The van der Waals surface area contributed by atoms with E-state index in [-0.39, 0.29) is 15.4 Å². The Morgan fingerprint density at radius 3 is 2.41 bits per heavy atom. The zero-order valence-electron chi connectivity index (χ0n) is 15.5. The highest BCUT2D eigenvalue weighted by Crippen LogP contribution is 2.24. The molecular weight excluding hydrogens is 409 g/mol. The second-order valence-electron chi connectivity index (χ2n) is 6.76. The average molecular weight is 426 g/mol. The van der Waals surface area contributed by atoms with Gasteiger partial charge in [-0.25, -0.2) is 4.99 Å². The molecule has 0 bridgehead atoms. The van der Waals surface area contributed by atoms with Crippen LogP contribution in [0.5, 0.6) is 0 Å². The Balaban J connectivity index is 1.76. The molecule has 0 aliphatic heterocycles. The van der Waals surface area contributed by atoms with Gasteiger partial charge in [-0.05, 0) is 30.2 Å². The minimum absolute atomic E-state index is 0.0812. The molecule has 146 valence electrons. The number of carbonyl (C=O) groups is 1. The first-order valence-electron chi connectivity index (χ1n) is 8.91. The van der Waals surface area contributed by atoms with E-state index in [1.165, 1.54) is 18.0 Å². The van der Waals surface area contributed by atoms with Crippen LogP contribution < -0.4 is 5.36 Å². The molecule has 2 aromatic carbocycles. The molecule has 0 aliphatic carbocycles. The Morgan fingerprint density at radius 2 is 1.72 bits per heavy atom. The number of benzene rings is 2. The van der Waals surface area contributed by atoms with Crippen LogP contribution in [-0.2, 0) is 6.54 Å². The molecule has 0 atom stereocenters. The van der Waals surface area contributed by atoms with E-state index in [2.05, 4.69) is 27.9 Å². The molecule has 29 heavy (non-hydrogen) atoms. The van der Waals surface area contributed by atoms with Gasteiger partial charge < -0.3 is 9.77 Å². The molecule has 0 radical (unpaired) electrons. The van der Waals surface area contributed by atoms with Crippen molar-refractivity contribution in [1.29, 1.82) is 0 Å². The van der Waals surface area contributed by atoms with Gasteiger partial charge in [0.05, 0.1) is 22.4 Å². The summed E-state index contributed by atoms with van der Waals surface area (Å²) in [5.74, 6) is -0.462. The van der Waals surface area contributed by atoms with Crippen LogP contribution in [-0.4, -0.2) is 20.4 Å². The lowest BCUT2D eigenvalue weighted by Crippen LogP contribution is -2.12. The predicted octanol–water partition coefficient (Wildman–Crippen LogP) is 5.08. The summed E-state index contributed by atoms with van der Waals surface area (Å²) in [5.41, 5.74) is 3.68. The molecule has 4 rings (SSSR count). The van der Waals surface area contributed by atoms with E-state index in [0.29, 0.717) is 12.1 Å². The smallest absolute Gasteiger partial charge is 0.277 e. The lowest BCUT2D eigenvalue weighted by molar-refractivity contribution is 0.0998. The summed E-state index contributed by atoms with van der Waals surface area (Å²) in [6, 6.07) is 15.6. The molecule has 0 spiro atoms. The van der Waals surface area contributed by atoms with Crippen molar-refractivity contribution in [3.05, 3.63) is 99.2 Å². The van der Waals surface area contributed by atoms with Gasteiger partial charge in [0.15, 0.2) is 0 Å². The van der Waals surface area contributed by atoms with Gasteiger partial charge in [-0.3, -0.25) is 4.79 Å². The first kappa shape index (κ1) is 19.3. The van der Waals surface area contributed by atoms with E-state index in [1.807, 2.05) is 37.3 Å². The van der Waals surface area contributed by atoms with E-state index >= 15 is 0 Å². The van der Waals surface area contributed by atoms with Gasteiger partial charge in [0.25, 0.3) is 5.91 Å². The molecule has 2 aromatic heterocycles. The summed E-state index contributed by atoms with van der Waals surface area (Å²) in [6.07, 6.45) is 4.52. The largest absolute Gasteiger partial charge is 0.429 e. The average Bonchev–Trinajstić information content (AvgIpc) is 3.00. The second kappa shape index (κ2) is 7.78. The third-order valence-corrected chi connectivity index (χ3v) is 5.23. The van der Waals surface area contributed by atoms with Crippen LogP contribution in [0.2, 0.25) is 10.0 Å². The monoisotopic (exact) mass is 425 g/mol. The summed E-state index contributed by atoms with van der Waals surface area (Å²) in [4.78, 5) is 16.8. The van der Waals surface area contributed by atoms with Crippen molar-refractivity contribution in [2.24, 2.45) is 4.99 Å². The molecule has 1 amide bonds. The SMILES string of the molecule is Cc1cn(Cc2ccccc2)c2cc(C(=O)N=c3c(Cl)cn(O)cc3Cl)ccc12. The standard InChI is InChI=1S/C22H17Cl2N3O2/c1-14-10-26(11-15-5-3-2-4-6-15)20-9-16(7-8-17(14)20)22(28)25-21-18(23)12-27(29)13-19(21)24/h2-10,12-13,29H,11H2,1H3. The Kier molecular flexibility index (Phi) is 5.18. The molecule has 4 aromatic rings. The molecule has 1 N–H and O–H groups in total. The molecule has 5 nitrogen and oxygen atoms in total. The van der Waals surface area contributed by atoms with Gasteiger partial charge in [0.1, 0.15) is 5.36 Å². The Hall–Kier alpha value is -3.02. The second-order valence-corrected chi connectivity index (χ2v) is 7.57. The summed E-state index contributed by atoms with van der Waals surface area (Å²) in [7, 11) is 0. The fourth-order valence-corrected chi connectivity index (χ4v) is 3.83. The molecule has 0 saturated heterocycles. The highest BCUT2D eigenvalue weighted by atomic mass is 35.5. The normalized spacial score (nSPS) is 11.0. The third-order valence-electron chi connectivity index (χ3n) is 4.68. The van der Waals surface area contributed by atoms with Crippen molar-refractivity contribution in [3.8, 4) is 0 Å². The molecule has 0 saturated carbocycles. The first-order valence-corrected chi connectivity index (χ1v) is 9.67. The number of nitrogens with zero attached hydrogens (tertiary/aromatic N) is 3. The molecule has 7 heteroatoms. The highest BCUT2D eigenvalue weighted by molar-refractivity contribution is 6.34. The van der Waals surface area contributed by atoms with Crippen LogP contribution in [0.15, 0.2) is 72.1 Å². The molecule has 0 fully saturated rings. The van der Waals surface area contributed by atoms with E-state index in [0.717, 1.165) is 21.2 Å². The number of hydrogen-bond acceptors (Lipinski definition) is 2. The van der Waals surface area contributed by atoms with Crippen molar-refractivity contribution in [2.45, 2.75) is 13.5 Å². The summed E-state index contributed by atoms with van der Waals surface area (Å²) in [5, 5.41) is 10.8. The first-order chi connectivity index (χ1) is 13.9. The van der Waals surface area contributed by atoms with Crippen molar-refractivity contribution < 1.29 is 10.0 Å². The predicted molar refractivity (Wildman–Crippen MR) is 114 cm³/mol. The lowest BCUT2D eigenvalue weighted by atomic mass is 10.1. The lowest BCUT2D eigenvalue weighted by Gasteiger charge is -2.06. The minimum Gasteiger partial charge on any atom is -0.429 e. The maximum Gasteiger partial charge on any atom is 0.277 e. The maximum absolute atomic E-state index is 12.8. The quantitative estimate of drug-likeness (QED) is 0.465. The fraction of sp³-hybridized carbons (Fsp3) is 0.0909. The van der Waals surface area contributed by atoms with E-state index < -0.39 is 5.91 Å². The fourth-order valence-electron chi connectivity index (χ4n) is 3.30. The van der Waals surface area contributed by atoms with Gasteiger partial charge in [0, 0.05) is 29.2 Å². The third kappa shape index (κ3) is 3.92. The Labute approximate surface area is 177 Å². The highest BCUT2D eigenvalue weighted by Gasteiger charge is 2.12. The van der Waals surface area contributed by atoms with Crippen molar-refractivity contribution >= 4 is 40.0 Å². The minimum atomic E-state index is -0.462. The van der Waals surface area contributed by atoms with E-state index in [1.54, 1.807) is 6.07 Å². The van der Waals surface area contributed by atoms with Gasteiger partial charge in [-0.1, -0.05) is 59.6 Å². The van der Waals surface area contributed by atoms with Crippen LogP contribution in [0.4, 0.5) is 0 Å². The Morgan fingerprint density at radius 1 is 1.03 bits per heavy atom. The van der Waals surface area contributed by atoms with Crippen molar-refractivity contribution in [1.82, 2.24) is 9.30 Å². The number of aromatic nitrogens is 2. The molecular formula is C22H17Cl2N3O2. The number of rotatable bonds is 3. The van der Waals surface area contributed by atoms with E-state index in [9.17, 15) is 10.0 Å². The number of fused-ring (bicyclic) bond motifs is 1. The molecule has 0 unspecified atom stereocenters. The summed E-state index contributed by atoms with van der Waals surface area (Å²) >= 11 is 12.1. The summed E-state index contributed by atoms with van der Waals surface area (Å²) in [6.45, 7) is 2.75. The van der Waals surface area contributed by atoms with Crippen LogP contribution >= 0.6 is 23.2 Å². The maximum atomic E-state index is 12.8. The zero-order chi connectivity index (χ0) is 20.5. The zero-order valence-corrected chi connectivity index (χ0v) is 17.0. The van der Waals surface area contributed by atoms with Crippen LogP contribution in [0, 0.1) is 6.92 Å². The van der Waals surface area contributed by atoms with Crippen LogP contribution in [0.3, 0.4) is 0 Å². The Bertz CT molecular complexity index is 1260. The molecule has 0 aliphatic rings. The number of amides is 1. The van der Waals surface area contributed by atoms with Gasteiger partial charge >= 0.3 is 0 Å². The van der Waals surface area contributed by atoms with Crippen LogP contribution in [0.1, 0.15) is 21.5 Å².